The molecule has 0 heterocycles. The molecule has 3 atom stereocenters. The van der Waals surface area contributed by atoms with Crippen molar-refractivity contribution in [3.8, 4) is 11.5 Å². The molecule has 192 valence electrons. The Hall–Kier alpha value is -2.47. The van der Waals surface area contributed by atoms with Gasteiger partial charge in [-0.2, -0.15) is 0 Å². The highest BCUT2D eigenvalue weighted by molar-refractivity contribution is 7.54. The molecule has 0 aromatic heterocycles. The fraction of sp³-hybridized carbons (Fsp3) is 0.481. The molecule has 0 N–H and O–H groups in total. The Morgan fingerprint density at radius 2 is 1.23 bits per heavy atom. The van der Waals surface area contributed by atoms with Gasteiger partial charge in [0, 0.05) is 25.6 Å². The summed E-state index contributed by atoms with van der Waals surface area (Å²) in [5.74, 6) is -0.799. The molecular formula is C27H37O7P. The predicted molar refractivity (Wildman–Crippen MR) is 136 cm³/mol. The molecule has 0 bridgehead atoms. The zero-order valence-electron chi connectivity index (χ0n) is 21.1. The summed E-state index contributed by atoms with van der Waals surface area (Å²) in [5, 5.41) is 0. The normalized spacial score (nSPS) is 14.1. The first-order valence-electron chi connectivity index (χ1n) is 12.2. The first-order valence-corrected chi connectivity index (χ1v) is 13.9. The highest BCUT2D eigenvalue weighted by Gasteiger charge is 2.39. The third-order valence-corrected chi connectivity index (χ3v) is 7.13. The number of carbonyl (C=O) groups excluding carboxylic acids is 2. The van der Waals surface area contributed by atoms with Crippen molar-refractivity contribution in [2.75, 3.05) is 19.4 Å². The molecule has 0 fully saturated rings. The second-order valence-electron chi connectivity index (χ2n) is 8.40. The lowest BCUT2D eigenvalue weighted by molar-refractivity contribution is -0.138. The summed E-state index contributed by atoms with van der Waals surface area (Å²) in [6.45, 7) is 8.05. The molecule has 2 aromatic rings. The maximum absolute atomic E-state index is 14.0. The minimum Gasteiger partial charge on any atom is -0.416 e. The topological polar surface area (TPSA) is 88.1 Å². The van der Waals surface area contributed by atoms with Gasteiger partial charge in [-0.05, 0) is 51.0 Å². The second-order valence-corrected chi connectivity index (χ2v) is 10.4. The third-order valence-electron chi connectivity index (χ3n) is 5.27. The van der Waals surface area contributed by atoms with Crippen molar-refractivity contribution in [3.05, 3.63) is 60.7 Å². The molecule has 0 spiro atoms. The molecule has 7 nitrogen and oxygen atoms in total. The number of benzene rings is 2. The lowest BCUT2D eigenvalue weighted by atomic mass is 9.95. The van der Waals surface area contributed by atoms with Crippen molar-refractivity contribution >= 4 is 19.2 Å². The summed E-state index contributed by atoms with van der Waals surface area (Å²) in [5.41, 5.74) is 0. The predicted octanol–water partition coefficient (Wildman–Crippen LogP) is 6.11. The van der Waals surface area contributed by atoms with E-state index in [0.29, 0.717) is 24.7 Å². The number of hydrogen-bond donors (Lipinski definition) is 0. The summed E-state index contributed by atoms with van der Waals surface area (Å²) in [6, 6.07) is 17.3. The Bertz CT molecular complexity index is 903. The maximum atomic E-state index is 14.0. The fourth-order valence-corrected chi connectivity index (χ4v) is 5.33. The molecule has 3 unspecified atom stereocenters. The molecule has 8 heteroatoms. The van der Waals surface area contributed by atoms with E-state index in [4.69, 9.17) is 18.5 Å². The van der Waals surface area contributed by atoms with Crippen molar-refractivity contribution in [2.45, 2.75) is 59.2 Å². The van der Waals surface area contributed by atoms with Gasteiger partial charge in [-0.1, -0.05) is 50.2 Å². The Balaban J connectivity index is 2.33. The van der Waals surface area contributed by atoms with Gasteiger partial charge >= 0.3 is 7.60 Å². The molecule has 2 aromatic carbocycles. The van der Waals surface area contributed by atoms with Crippen LogP contribution in [0.5, 0.6) is 11.5 Å². The molecule has 0 saturated carbocycles. The van der Waals surface area contributed by atoms with Crippen LogP contribution in [-0.2, 0) is 23.6 Å². The maximum Gasteiger partial charge on any atom is 0.431 e. The highest BCUT2D eigenvalue weighted by Crippen LogP contribution is 2.50. The standard InChI is InChI=1S/C27H37O7P/c1-5-17-31-21(3)26(28)19-23(27(29)22(4)32-18-6-2)20-35(30,33-24-13-9-7-10-14-24)34-25-15-11-8-12-16-25/h7-16,21-23H,5-6,17-20H2,1-4H3. The zero-order valence-corrected chi connectivity index (χ0v) is 21.9. The van der Waals surface area contributed by atoms with Crippen LogP contribution in [0.2, 0.25) is 0 Å². The van der Waals surface area contributed by atoms with E-state index in [-0.39, 0.29) is 24.1 Å². The lowest BCUT2D eigenvalue weighted by Crippen LogP contribution is -2.35. The number of para-hydroxylation sites is 2. The van der Waals surface area contributed by atoms with Crippen LogP contribution in [0.4, 0.5) is 0 Å². The van der Waals surface area contributed by atoms with Crippen molar-refractivity contribution in [2.24, 2.45) is 5.92 Å². The quantitative estimate of drug-likeness (QED) is 0.240. The largest absolute Gasteiger partial charge is 0.431 e. The van der Waals surface area contributed by atoms with Crippen LogP contribution in [0.15, 0.2) is 60.7 Å². The van der Waals surface area contributed by atoms with Crippen LogP contribution >= 0.6 is 7.60 Å². The Kier molecular flexibility index (Phi) is 12.2. The Morgan fingerprint density at radius 1 is 0.771 bits per heavy atom. The number of hydrogen-bond acceptors (Lipinski definition) is 7. The monoisotopic (exact) mass is 504 g/mol. The zero-order chi connectivity index (χ0) is 25.7. The first-order chi connectivity index (χ1) is 16.8. The first kappa shape index (κ1) is 28.8. The van der Waals surface area contributed by atoms with E-state index >= 15 is 0 Å². The summed E-state index contributed by atoms with van der Waals surface area (Å²) in [6.07, 6.45) is -0.350. The van der Waals surface area contributed by atoms with Crippen LogP contribution in [0.1, 0.15) is 47.0 Å². The minimum absolute atomic E-state index is 0.149. The van der Waals surface area contributed by atoms with Gasteiger partial charge in [0.2, 0.25) is 0 Å². The molecule has 0 saturated heterocycles. The number of ketones is 2. The van der Waals surface area contributed by atoms with Crippen molar-refractivity contribution < 1.29 is 32.7 Å². The van der Waals surface area contributed by atoms with E-state index in [0.717, 1.165) is 12.8 Å². The van der Waals surface area contributed by atoms with E-state index in [1.807, 2.05) is 26.0 Å². The summed E-state index contributed by atoms with van der Waals surface area (Å²) in [7, 11) is -3.92. The third kappa shape index (κ3) is 9.96. The molecule has 0 radical (unpaired) electrons. The van der Waals surface area contributed by atoms with Gasteiger partial charge in [-0.25, -0.2) is 4.57 Å². The molecule has 0 aliphatic heterocycles. The fourth-order valence-electron chi connectivity index (χ4n) is 3.41. The molecule has 2 rings (SSSR count). The van der Waals surface area contributed by atoms with Gasteiger partial charge in [0.1, 0.15) is 23.7 Å². The average Bonchev–Trinajstić information content (AvgIpc) is 2.85. The van der Waals surface area contributed by atoms with Crippen LogP contribution < -0.4 is 9.05 Å². The lowest BCUT2D eigenvalue weighted by Gasteiger charge is -2.26. The van der Waals surface area contributed by atoms with Crippen molar-refractivity contribution in [1.82, 2.24) is 0 Å². The summed E-state index contributed by atoms with van der Waals surface area (Å²) < 4.78 is 36.9. The van der Waals surface area contributed by atoms with E-state index in [9.17, 15) is 14.2 Å². The van der Waals surface area contributed by atoms with Gasteiger partial charge in [0.25, 0.3) is 0 Å². The van der Waals surface area contributed by atoms with Gasteiger partial charge in [0.15, 0.2) is 11.6 Å². The van der Waals surface area contributed by atoms with Gasteiger partial charge < -0.3 is 18.5 Å². The average molecular weight is 505 g/mol. The van der Waals surface area contributed by atoms with Crippen LogP contribution in [0.3, 0.4) is 0 Å². The van der Waals surface area contributed by atoms with Gasteiger partial charge in [0.05, 0.1) is 6.16 Å². The number of ether oxygens (including phenoxy) is 2. The van der Waals surface area contributed by atoms with E-state index < -0.39 is 25.7 Å². The number of Topliss-reactive ketones (excluding diaryl/α,β-unsaturated/α-hetero) is 2. The SMILES string of the molecule is CCCOC(C)C(=O)CC(CP(=O)(Oc1ccccc1)Oc1ccccc1)C(=O)C(C)OCCC. The summed E-state index contributed by atoms with van der Waals surface area (Å²) in [4.78, 5) is 26.3. The van der Waals surface area contributed by atoms with Gasteiger partial charge in [-0.3, -0.25) is 9.59 Å². The molecule has 0 aliphatic rings. The second kappa shape index (κ2) is 14.8. The van der Waals surface area contributed by atoms with E-state index in [1.165, 1.54) is 0 Å². The molecule has 0 aliphatic carbocycles. The van der Waals surface area contributed by atoms with Crippen molar-refractivity contribution in [1.29, 1.82) is 0 Å². The summed E-state index contributed by atoms with van der Waals surface area (Å²) >= 11 is 0. The van der Waals surface area contributed by atoms with Crippen LogP contribution in [0.25, 0.3) is 0 Å². The molecular weight excluding hydrogens is 467 g/mol. The van der Waals surface area contributed by atoms with Gasteiger partial charge in [-0.15, -0.1) is 0 Å². The number of rotatable bonds is 17. The Labute approximate surface area is 208 Å². The van der Waals surface area contributed by atoms with E-state index in [2.05, 4.69) is 0 Å². The van der Waals surface area contributed by atoms with Crippen molar-refractivity contribution in [3.63, 3.8) is 0 Å². The Morgan fingerprint density at radius 3 is 1.69 bits per heavy atom. The smallest absolute Gasteiger partial charge is 0.416 e. The highest BCUT2D eigenvalue weighted by atomic mass is 31.2. The molecule has 0 amide bonds. The van der Waals surface area contributed by atoms with Crippen LogP contribution in [-0.4, -0.2) is 43.2 Å². The minimum atomic E-state index is -3.92. The van der Waals surface area contributed by atoms with Crippen LogP contribution in [0, 0.1) is 5.92 Å². The molecule has 35 heavy (non-hydrogen) atoms. The number of carbonyl (C=O) groups is 2. The van der Waals surface area contributed by atoms with E-state index in [1.54, 1.807) is 62.4 Å².